The van der Waals surface area contributed by atoms with Crippen molar-refractivity contribution in [2.45, 2.75) is 25.8 Å². The van der Waals surface area contributed by atoms with Gasteiger partial charge in [-0.3, -0.25) is 0 Å². The number of aromatic nitrogens is 1. The first-order valence-electron chi connectivity index (χ1n) is 12.1. The van der Waals surface area contributed by atoms with E-state index in [4.69, 9.17) is 9.72 Å². The second-order valence-corrected chi connectivity index (χ2v) is 9.11. The van der Waals surface area contributed by atoms with Crippen molar-refractivity contribution in [2.75, 3.05) is 48.0 Å². The Morgan fingerprint density at radius 3 is 2.49 bits per heavy atom. The normalized spacial score (nSPS) is 16.8. The summed E-state index contributed by atoms with van der Waals surface area (Å²) in [5.41, 5.74) is 2.89. The molecule has 0 unspecified atom stereocenters. The zero-order valence-corrected chi connectivity index (χ0v) is 20.2. The molecule has 5 rings (SSSR count). The number of allylic oxidation sites excluding steroid dienone is 2. The Kier molecular flexibility index (Phi) is 6.80. The first kappa shape index (κ1) is 24.7. The molecule has 3 heterocycles. The van der Waals surface area contributed by atoms with Crippen LogP contribution in [0.5, 0.6) is 0 Å². The van der Waals surface area contributed by atoms with Gasteiger partial charge in [0.2, 0.25) is 0 Å². The molecule has 1 aromatic heterocycles. The van der Waals surface area contributed by atoms with Gasteiger partial charge in [-0.2, -0.15) is 5.26 Å². The molecule has 10 heteroatoms. The van der Waals surface area contributed by atoms with Crippen LogP contribution in [-0.4, -0.2) is 42.9 Å². The highest BCUT2D eigenvalue weighted by atomic mass is 19.1. The van der Waals surface area contributed by atoms with Crippen molar-refractivity contribution in [2.24, 2.45) is 0 Å². The van der Waals surface area contributed by atoms with Crippen molar-refractivity contribution in [3.05, 3.63) is 76.5 Å². The Hall–Kier alpha value is -3.97. The van der Waals surface area contributed by atoms with Crippen LogP contribution in [0.25, 0.3) is 5.57 Å². The maximum absolute atomic E-state index is 14.3. The fourth-order valence-corrected chi connectivity index (χ4v) is 4.48. The molecule has 192 valence electrons. The van der Waals surface area contributed by atoms with E-state index < -0.39 is 17.5 Å². The first-order chi connectivity index (χ1) is 17.9. The van der Waals surface area contributed by atoms with Gasteiger partial charge >= 0.3 is 0 Å². The Morgan fingerprint density at radius 2 is 1.84 bits per heavy atom. The number of fused-ring (bicyclic) bond motifs is 1. The first-order valence-corrected chi connectivity index (χ1v) is 12.1. The van der Waals surface area contributed by atoms with E-state index in [1.54, 1.807) is 12.3 Å². The van der Waals surface area contributed by atoms with E-state index in [-0.39, 0.29) is 24.3 Å². The van der Waals surface area contributed by atoms with E-state index >= 15 is 0 Å². The number of hydrogen-bond acceptors (Lipinski definition) is 7. The van der Waals surface area contributed by atoms with Crippen molar-refractivity contribution < 1.29 is 23.0 Å². The Morgan fingerprint density at radius 1 is 1.14 bits per heavy atom. The number of hydrogen-bond donors (Lipinski definition) is 2. The average molecular weight is 510 g/mol. The smallest absolute Gasteiger partial charge is 0.154 e. The van der Waals surface area contributed by atoms with Gasteiger partial charge in [0.25, 0.3) is 0 Å². The molecule has 1 aromatic carbocycles. The predicted octanol–water partition coefficient (Wildman–Crippen LogP) is 5.18. The van der Waals surface area contributed by atoms with E-state index in [9.17, 15) is 23.5 Å². The van der Waals surface area contributed by atoms with Crippen LogP contribution in [0.15, 0.2) is 47.9 Å². The van der Waals surface area contributed by atoms with Crippen molar-refractivity contribution in [3.63, 3.8) is 0 Å². The van der Waals surface area contributed by atoms with Crippen LogP contribution < -0.4 is 15.1 Å². The third-order valence-corrected chi connectivity index (χ3v) is 6.62. The van der Waals surface area contributed by atoms with Gasteiger partial charge in [-0.1, -0.05) is 6.58 Å². The number of pyridine rings is 1. The lowest BCUT2D eigenvalue weighted by molar-refractivity contribution is 0.122. The number of rotatable bonds is 7. The number of aliphatic hydroxyl groups is 1. The van der Waals surface area contributed by atoms with Crippen LogP contribution in [0, 0.1) is 28.8 Å². The third kappa shape index (κ3) is 5.00. The van der Waals surface area contributed by atoms with Crippen LogP contribution in [0.4, 0.5) is 30.5 Å². The molecule has 1 aliphatic carbocycles. The van der Waals surface area contributed by atoms with E-state index in [1.165, 1.54) is 0 Å². The molecular formula is C27H26F3N5O2. The van der Waals surface area contributed by atoms with Gasteiger partial charge in [-0.15, -0.1) is 0 Å². The van der Waals surface area contributed by atoms with Gasteiger partial charge in [-0.25, -0.2) is 18.2 Å². The van der Waals surface area contributed by atoms with Crippen LogP contribution in [0.3, 0.4) is 0 Å². The second-order valence-electron chi connectivity index (χ2n) is 9.11. The number of halogens is 3. The third-order valence-electron chi connectivity index (χ3n) is 6.62. The van der Waals surface area contributed by atoms with E-state index in [1.807, 2.05) is 9.80 Å². The molecule has 1 saturated heterocycles. The lowest BCUT2D eigenvalue weighted by Crippen LogP contribution is -2.38. The highest BCUT2D eigenvalue weighted by Crippen LogP contribution is 2.44. The molecule has 0 spiro atoms. The summed E-state index contributed by atoms with van der Waals surface area (Å²) < 4.78 is 47.6. The highest BCUT2D eigenvalue weighted by Gasteiger charge is 2.30. The number of aliphatic hydroxyl groups excluding tert-OH is 1. The van der Waals surface area contributed by atoms with Gasteiger partial charge in [0.15, 0.2) is 5.82 Å². The lowest BCUT2D eigenvalue weighted by atomic mass is 9.94. The van der Waals surface area contributed by atoms with Crippen molar-refractivity contribution in [3.8, 4) is 6.07 Å². The number of anilines is 3. The number of nitrogens with zero attached hydrogens (tertiary/aromatic N) is 4. The summed E-state index contributed by atoms with van der Waals surface area (Å²) in [6, 6.07) is 5.24. The molecule has 1 saturated carbocycles. The summed E-state index contributed by atoms with van der Waals surface area (Å²) in [6.07, 6.45) is 3.65. The summed E-state index contributed by atoms with van der Waals surface area (Å²) in [7, 11) is 0. The van der Waals surface area contributed by atoms with E-state index in [0.29, 0.717) is 79.0 Å². The quantitative estimate of drug-likeness (QED) is 0.498. The van der Waals surface area contributed by atoms with Crippen LogP contribution >= 0.6 is 0 Å². The predicted molar refractivity (Wildman–Crippen MR) is 134 cm³/mol. The zero-order valence-electron chi connectivity index (χ0n) is 20.2. The second kappa shape index (κ2) is 10.2. The molecule has 37 heavy (non-hydrogen) atoms. The van der Waals surface area contributed by atoms with Crippen molar-refractivity contribution in [1.29, 1.82) is 5.26 Å². The molecule has 0 bridgehead atoms. The number of nitrogens with one attached hydrogen (secondary N) is 1. The molecule has 0 amide bonds. The number of nitriles is 1. The minimum Gasteiger partial charge on any atom is -0.507 e. The molecule has 0 radical (unpaired) electrons. The van der Waals surface area contributed by atoms with Gasteiger partial charge in [0.1, 0.15) is 29.0 Å². The monoisotopic (exact) mass is 509 g/mol. The standard InChI is InChI=1S/C27H26F3N5O2/c1-16-19-13-24(32-14-20-22(29)11-18(28)12-23(20)30)27(34-7-9-37-10-8-34)33-26(19)35(6-2-5-31)15-21(16)25(36)17-3-4-17/h11-13,15,32,36H,1-4,6-10,14H2. The Bertz CT molecular complexity index is 1330. The number of ether oxygens (including phenoxy) is 1. The van der Waals surface area contributed by atoms with E-state index in [2.05, 4.69) is 18.0 Å². The van der Waals surface area contributed by atoms with Crippen molar-refractivity contribution >= 4 is 22.9 Å². The SMILES string of the molecule is C=C1C(C(O)=C2CC2)=CN(CCC#N)c2nc(N3CCOCC3)c(NCc3c(F)cc(F)cc3F)cc21. The van der Waals surface area contributed by atoms with Gasteiger partial charge in [0, 0.05) is 61.2 Å². The fourth-order valence-electron chi connectivity index (χ4n) is 4.48. The van der Waals surface area contributed by atoms with Crippen LogP contribution in [0.1, 0.15) is 30.4 Å². The summed E-state index contributed by atoms with van der Waals surface area (Å²) in [5.74, 6) is -1.64. The highest BCUT2D eigenvalue weighted by molar-refractivity contribution is 5.93. The van der Waals surface area contributed by atoms with Crippen LogP contribution in [-0.2, 0) is 11.3 Å². The van der Waals surface area contributed by atoms with E-state index in [0.717, 1.165) is 18.4 Å². The molecule has 2 fully saturated rings. The number of morpholine rings is 1. The molecule has 3 aliphatic rings. The maximum Gasteiger partial charge on any atom is 0.154 e. The van der Waals surface area contributed by atoms with Gasteiger partial charge in [0.05, 0.1) is 31.4 Å². The maximum atomic E-state index is 14.3. The van der Waals surface area contributed by atoms with Crippen LogP contribution in [0.2, 0.25) is 0 Å². The summed E-state index contributed by atoms with van der Waals surface area (Å²) in [5, 5.41) is 23.1. The lowest BCUT2D eigenvalue weighted by Gasteiger charge is -2.34. The Labute approximate surface area is 212 Å². The molecule has 0 atom stereocenters. The minimum absolute atomic E-state index is 0.180. The zero-order chi connectivity index (χ0) is 26.1. The van der Waals surface area contributed by atoms with Gasteiger partial charge < -0.3 is 25.0 Å². The summed E-state index contributed by atoms with van der Waals surface area (Å²) >= 11 is 0. The molecular weight excluding hydrogens is 483 g/mol. The Balaban J connectivity index is 1.57. The number of benzene rings is 1. The minimum atomic E-state index is -0.985. The summed E-state index contributed by atoms with van der Waals surface area (Å²) in [6.45, 7) is 6.44. The average Bonchev–Trinajstić information content (AvgIpc) is 3.73. The van der Waals surface area contributed by atoms with Crippen molar-refractivity contribution in [1.82, 2.24) is 4.98 Å². The topological polar surface area (TPSA) is 84.7 Å². The molecule has 2 N–H and O–H groups in total. The molecule has 7 nitrogen and oxygen atoms in total. The molecule has 2 aromatic rings. The fraction of sp³-hybridized carbons (Fsp3) is 0.333. The largest absolute Gasteiger partial charge is 0.507 e. The summed E-state index contributed by atoms with van der Waals surface area (Å²) in [4.78, 5) is 8.76. The van der Waals surface area contributed by atoms with Gasteiger partial charge in [-0.05, 0) is 30.1 Å². The molecule has 2 aliphatic heterocycles.